The van der Waals surface area contributed by atoms with Crippen molar-refractivity contribution >= 4 is 50.0 Å². The summed E-state index contributed by atoms with van der Waals surface area (Å²) in [6.45, 7) is 1.76. The average molecular weight is 371 g/mol. The van der Waals surface area contributed by atoms with Gasteiger partial charge in [-0.05, 0) is 24.1 Å². The number of benzene rings is 1. The molecule has 0 spiro atoms. The van der Waals surface area contributed by atoms with Crippen molar-refractivity contribution in [3.63, 3.8) is 0 Å². The second-order valence-corrected chi connectivity index (χ2v) is 8.21. The summed E-state index contributed by atoms with van der Waals surface area (Å²) < 4.78 is 0.0709. The number of aromatic nitrogens is 1. The van der Waals surface area contributed by atoms with Crippen LogP contribution in [0.25, 0.3) is 10.2 Å². The van der Waals surface area contributed by atoms with Crippen LogP contribution in [0.3, 0.4) is 0 Å². The van der Waals surface area contributed by atoms with Crippen LogP contribution in [-0.2, 0) is 13.0 Å². The summed E-state index contributed by atoms with van der Waals surface area (Å²) in [7, 11) is 3.79. The minimum absolute atomic E-state index is 0.0709. The largest absolute Gasteiger partial charge is 0.369 e. The lowest BCUT2D eigenvalue weighted by molar-refractivity contribution is 0.643. The van der Waals surface area contributed by atoms with E-state index >= 15 is 0 Å². The minimum atomic E-state index is 0.0709. The molecule has 0 radical (unpaired) electrons. The van der Waals surface area contributed by atoms with Crippen molar-refractivity contribution in [3.05, 3.63) is 50.3 Å². The van der Waals surface area contributed by atoms with Gasteiger partial charge in [-0.2, -0.15) is 0 Å². The van der Waals surface area contributed by atoms with Crippen LogP contribution in [0, 0.1) is 0 Å². The molecule has 0 fully saturated rings. The predicted molar refractivity (Wildman–Crippen MR) is 107 cm³/mol. The lowest BCUT2D eigenvalue weighted by Gasteiger charge is -2.28. The van der Waals surface area contributed by atoms with Gasteiger partial charge in [0.05, 0.1) is 18.3 Å². The van der Waals surface area contributed by atoms with Gasteiger partial charge in [-0.3, -0.25) is 4.79 Å². The van der Waals surface area contributed by atoms with Gasteiger partial charge in [-0.25, -0.2) is 9.98 Å². The maximum Gasteiger partial charge on any atom is 0.246 e. The molecule has 1 aliphatic heterocycles. The Morgan fingerprint density at radius 3 is 2.80 bits per heavy atom. The molecule has 3 heterocycles. The SMILES string of the molecule is CN(C)/C=N/c1nc2sc3c(c2c(=O)s1)CCN(c1ccccc1)C3. The molecule has 0 aliphatic carbocycles. The standard InChI is InChI=1S/C18H18N4OS2/c1-21(2)11-19-18-20-16-15(17(23)25-18)13-8-9-22(10-14(13)24-16)12-6-4-3-5-7-12/h3-7,11H,8-10H2,1-2H3/b19-11+. The Bertz CT molecular complexity index is 991. The first-order valence-electron chi connectivity index (χ1n) is 8.08. The van der Waals surface area contributed by atoms with Gasteiger partial charge in [0.1, 0.15) is 4.83 Å². The molecular formula is C18H18N4OS2. The molecule has 2 aromatic heterocycles. The molecule has 0 saturated carbocycles. The van der Waals surface area contributed by atoms with Crippen LogP contribution >= 0.6 is 22.7 Å². The van der Waals surface area contributed by atoms with Crippen molar-refractivity contribution in [2.45, 2.75) is 13.0 Å². The molecule has 5 nitrogen and oxygen atoms in total. The molecular weight excluding hydrogens is 352 g/mol. The van der Waals surface area contributed by atoms with Crippen molar-refractivity contribution < 1.29 is 0 Å². The van der Waals surface area contributed by atoms with Gasteiger partial charge in [0.25, 0.3) is 0 Å². The molecule has 1 aliphatic rings. The molecule has 7 heteroatoms. The fourth-order valence-electron chi connectivity index (χ4n) is 3.00. The van der Waals surface area contributed by atoms with Crippen molar-refractivity contribution in [2.24, 2.45) is 4.99 Å². The number of anilines is 1. The lowest BCUT2D eigenvalue weighted by atomic mass is 10.1. The summed E-state index contributed by atoms with van der Waals surface area (Å²) in [6.07, 6.45) is 2.56. The van der Waals surface area contributed by atoms with E-state index in [0.29, 0.717) is 5.13 Å². The Balaban J connectivity index is 1.72. The number of rotatable bonds is 3. The second kappa shape index (κ2) is 6.57. The van der Waals surface area contributed by atoms with E-state index in [9.17, 15) is 4.79 Å². The summed E-state index contributed by atoms with van der Waals surface area (Å²) in [5.74, 6) is 0. The first kappa shape index (κ1) is 16.2. The highest BCUT2D eigenvalue weighted by atomic mass is 32.1. The van der Waals surface area contributed by atoms with Gasteiger partial charge >= 0.3 is 0 Å². The van der Waals surface area contributed by atoms with E-state index in [1.165, 1.54) is 16.1 Å². The average Bonchev–Trinajstić information content (AvgIpc) is 2.98. The zero-order valence-corrected chi connectivity index (χ0v) is 15.7. The zero-order chi connectivity index (χ0) is 17.4. The molecule has 0 bridgehead atoms. The molecule has 3 aromatic rings. The predicted octanol–water partition coefficient (Wildman–Crippen LogP) is 3.50. The number of nitrogens with zero attached hydrogens (tertiary/aromatic N) is 4. The maximum atomic E-state index is 12.6. The topological polar surface area (TPSA) is 48.8 Å². The second-order valence-electron chi connectivity index (χ2n) is 6.18. The van der Waals surface area contributed by atoms with Crippen molar-refractivity contribution in [1.82, 2.24) is 9.88 Å². The van der Waals surface area contributed by atoms with E-state index in [2.05, 4.69) is 39.1 Å². The van der Waals surface area contributed by atoms with Gasteiger partial charge in [-0.15, -0.1) is 11.3 Å². The summed E-state index contributed by atoms with van der Waals surface area (Å²) in [6, 6.07) is 10.4. The van der Waals surface area contributed by atoms with Crippen LogP contribution in [0.2, 0.25) is 0 Å². The number of aliphatic imine (C=N–C) groups is 1. The third kappa shape index (κ3) is 3.17. The summed E-state index contributed by atoms with van der Waals surface area (Å²) >= 11 is 2.75. The van der Waals surface area contributed by atoms with Gasteiger partial charge in [0, 0.05) is 31.2 Å². The van der Waals surface area contributed by atoms with E-state index in [-0.39, 0.29) is 4.74 Å². The highest BCUT2D eigenvalue weighted by molar-refractivity contribution is 7.20. The van der Waals surface area contributed by atoms with E-state index in [1.807, 2.05) is 25.1 Å². The van der Waals surface area contributed by atoms with Crippen molar-refractivity contribution in [3.8, 4) is 0 Å². The van der Waals surface area contributed by atoms with Gasteiger partial charge < -0.3 is 9.80 Å². The molecule has 0 unspecified atom stereocenters. The van der Waals surface area contributed by atoms with E-state index in [0.717, 1.165) is 41.1 Å². The van der Waals surface area contributed by atoms with E-state index in [1.54, 1.807) is 17.7 Å². The maximum absolute atomic E-state index is 12.6. The third-order valence-electron chi connectivity index (χ3n) is 4.14. The first-order valence-corrected chi connectivity index (χ1v) is 9.71. The van der Waals surface area contributed by atoms with Gasteiger partial charge in [0.2, 0.25) is 9.87 Å². The van der Waals surface area contributed by atoms with Crippen LogP contribution in [0.5, 0.6) is 0 Å². The van der Waals surface area contributed by atoms with Gasteiger partial charge in [0.15, 0.2) is 0 Å². The number of para-hydroxylation sites is 1. The van der Waals surface area contributed by atoms with Crippen molar-refractivity contribution in [1.29, 1.82) is 0 Å². The fraction of sp³-hybridized carbons (Fsp3) is 0.278. The number of hydrogen-bond acceptors (Lipinski definition) is 6. The van der Waals surface area contributed by atoms with Gasteiger partial charge in [-0.1, -0.05) is 29.5 Å². The molecule has 0 saturated heterocycles. The molecule has 128 valence electrons. The Hall–Kier alpha value is -2.25. The highest BCUT2D eigenvalue weighted by Gasteiger charge is 2.23. The summed E-state index contributed by atoms with van der Waals surface area (Å²) in [5, 5.41) is 1.33. The fourth-order valence-corrected chi connectivity index (χ4v) is 5.08. The Kier molecular flexibility index (Phi) is 4.27. The van der Waals surface area contributed by atoms with E-state index in [4.69, 9.17) is 0 Å². The molecule has 1 aromatic carbocycles. The normalized spacial score (nSPS) is 14.2. The minimum Gasteiger partial charge on any atom is -0.369 e. The first-order chi connectivity index (χ1) is 12.1. The quantitative estimate of drug-likeness (QED) is 0.523. The number of fused-ring (bicyclic) bond motifs is 3. The van der Waals surface area contributed by atoms with Crippen LogP contribution in [0.4, 0.5) is 10.8 Å². The van der Waals surface area contributed by atoms with Crippen molar-refractivity contribution in [2.75, 3.05) is 25.5 Å². The Morgan fingerprint density at radius 1 is 1.24 bits per heavy atom. The molecule has 0 amide bonds. The molecule has 25 heavy (non-hydrogen) atoms. The highest BCUT2D eigenvalue weighted by Crippen LogP contribution is 2.35. The van der Waals surface area contributed by atoms with Crippen LogP contribution in [-0.4, -0.2) is 36.9 Å². The van der Waals surface area contributed by atoms with Crippen LogP contribution in [0.15, 0.2) is 40.1 Å². The molecule has 4 rings (SSSR count). The smallest absolute Gasteiger partial charge is 0.246 e. The van der Waals surface area contributed by atoms with Crippen LogP contribution in [0.1, 0.15) is 10.4 Å². The van der Waals surface area contributed by atoms with Crippen LogP contribution < -0.4 is 9.64 Å². The monoisotopic (exact) mass is 370 g/mol. The number of hydrogen-bond donors (Lipinski definition) is 0. The lowest BCUT2D eigenvalue weighted by Crippen LogP contribution is -2.29. The summed E-state index contributed by atoms with van der Waals surface area (Å²) in [4.78, 5) is 27.8. The third-order valence-corrected chi connectivity index (χ3v) is 6.02. The van der Waals surface area contributed by atoms with E-state index < -0.39 is 0 Å². The Labute approximate surface area is 153 Å². The molecule has 0 atom stereocenters. The zero-order valence-electron chi connectivity index (χ0n) is 14.1. The Morgan fingerprint density at radius 2 is 2.04 bits per heavy atom. The molecule has 0 N–H and O–H groups in total. The number of thiophene rings is 1. The summed E-state index contributed by atoms with van der Waals surface area (Å²) in [5.41, 5.74) is 2.41.